The molecule has 3 aromatic carbocycles. The van der Waals surface area contributed by atoms with E-state index in [1.165, 1.54) is 0 Å². The SMILES string of the molecule is COc1ccc(/C=C\C(=O)c2c(C)nc3ccc(C)cc3c2-c2ccccc2)cc1. The molecule has 0 aliphatic heterocycles. The van der Waals surface area contributed by atoms with Crippen LogP contribution in [0.3, 0.4) is 0 Å². The van der Waals surface area contributed by atoms with Gasteiger partial charge in [0.05, 0.1) is 18.2 Å². The van der Waals surface area contributed by atoms with Crippen molar-refractivity contribution in [2.45, 2.75) is 13.8 Å². The molecule has 0 N–H and O–H groups in total. The summed E-state index contributed by atoms with van der Waals surface area (Å²) < 4.78 is 5.20. The van der Waals surface area contributed by atoms with Crippen molar-refractivity contribution in [1.29, 1.82) is 0 Å². The third-order valence-corrected chi connectivity index (χ3v) is 5.17. The van der Waals surface area contributed by atoms with Gasteiger partial charge in [-0.3, -0.25) is 9.78 Å². The maximum Gasteiger partial charge on any atom is 0.188 e. The first kappa shape index (κ1) is 19.6. The summed E-state index contributed by atoms with van der Waals surface area (Å²) in [7, 11) is 1.64. The Bertz CT molecular complexity index is 1240. The third kappa shape index (κ3) is 3.87. The van der Waals surface area contributed by atoms with Gasteiger partial charge in [0.2, 0.25) is 0 Å². The Hall–Kier alpha value is -3.72. The molecule has 148 valence electrons. The normalized spacial score (nSPS) is 11.2. The van der Waals surface area contributed by atoms with Gasteiger partial charge in [0.25, 0.3) is 0 Å². The highest BCUT2D eigenvalue weighted by atomic mass is 16.5. The van der Waals surface area contributed by atoms with Crippen molar-refractivity contribution in [3.8, 4) is 16.9 Å². The number of rotatable bonds is 5. The van der Waals surface area contributed by atoms with Crippen LogP contribution in [0.1, 0.15) is 27.2 Å². The molecule has 0 saturated heterocycles. The first-order valence-electron chi connectivity index (χ1n) is 9.89. The van der Waals surface area contributed by atoms with Gasteiger partial charge >= 0.3 is 0 Å². The van der Waals surface area contributed by atoms with Gasteiger partial charge in [0.1, 0.15) is 5.75 Å². The molecule has 0 fully saturated rings. The lowest BCUT2D eigenvalue weighted by Crippen LogP contribution is -2.05. The number of nitrogens with zero attached hydrogens (tertiary/aromatic N) is 1. The van der Waals surface area contributed by atoms with E-state index in [1.807, 2.05) is 73.7 Å². The van der Waals surface area contributed by atoms with E-state index < -0.39 is 0 Å². The lowest BCUT2D eigenvalue weighted by atomic mass is 9.91. The molecule has 3 nitrogen and oxygen atoms in total. The van der Waals surface area contributed by atoms with E-state index in [2.05, 4.69) is 19.1 Å². The first-order chi connectivity index (χ1) is 14.6. The molecule has 0 spiro atoms. The lowest BCUT2D eigenvalue weighted by molar-refractivity contribution is 0.104. The van der Waals surface area contributed by atoms with Gasteiger partial charge in [-0.05, 0) is 55.3 Å². The zero-order valence-electron chi connectivity index (χ0n) is 17.3. The maximum absolute atomic E-state index is 13.3. The van der Waals surface area contributed by atoms with Gasteiger partial charge in [0.15, 0.2) is 5.78 Å². The van der Waals surface area contributed by atoms with Crippen molar-refractivity contribution in [1.82, 2.24) is 4.98 Å². The van der Waals surface area contributed by atoms with Crippen molar-refractivity contribution >= 4 is 22.8 Å². The smallest absolute Gasteiger partial charge is 0.188 e. The summed E-state index contributed by atoms with van der Waals surface area (Å²) in [6.45, 7) is 3.96. The molecule has 0 atom stereocenters. The van der Waals surface area contributed by atoms with Gasteiger partial charge in [0, 0.05) is 16.6 Å². The number of carbonyl (C=O) groups is 1. The number of ketones is 1. The monoisotopic (exact) mass is 393 g/mol. The fraction of sp³-hybridized carbons (Fsp3) is 0.111. The van der Waals surface area contributed by atoms with Gasteiger partial charge in [-0.15, -0.1) is 0 Å². The van der Waals surface area contributed by atoms with Gasteiger partial charge < -0.3 is 4.74 Å². The number of hydrogen-bond acceptors (Lipinski definition) is 3. The van der Waals surface area contributed by atoms with Crippen LogP contribution in [0.15, 0.2) is 78.9 Å². The van der Waals surface area contributed by atoms with Crippen molar-refractivity contribution in [3.63, 3.8) is 0 Å². The number of carbonyl (C=O) groups excluding carboxylic acids is 1. The molecule has 4 aromatic rings. The van der Waals surface area contributed by atoms with E-state index in [0.717, 1.165) is 44.6 Å². The van der Waals surface area contributed by atoms with E-state index >= 15 is 0 Å². The molecule has 0 aliphatic rings. The van der Waals surface area contributed by atoms with Crippen LogP contribution < -0.4 is 4.74 Å². The van der Waals surface area contributed by atoms with Crippen LogP contribution >= 0.6 is 0 Å². The maximum atomic E-state index is 13.3. The molecule has 30 heavy (non-hydrogen) atoms. The molecule has 0 amide bonds. The van der Waals surface area contributed by atoms with E-state index in [0.29, 0.717) is 5.56 Å². The summed E-state index contributed by atoms with van der Waals surface area (Å²) in [6.07, 6.45) is 3.45. The average Bonchev–Trinajstić information content (AvgIpc) is 2.78. The summed E-state index contributed by atoms with van der Waals surface area (Å²) >= 11 is 0. The van der Waals surface area contributed by atoms with Crippen LogP contribution in [-0.4, -0.2) is 17.9 Å². The predicted molar refractivity (Wildman–Crippen MR) is 123 cm³/mol. The minimum absolute atomic E-state index is 0.0573. The summed E-state index contributed by atoms with van der Waals surface area (Å²) in [5.74, 6) is 0.730. The first-order valence-corrected chi connectivity index (χ1v) is 9.89. The van der Waals surface area contributed by atoms with Crippen LogP contribution in [0.5, 0.6) is 5.75 Å². The molecule has 0 saturated carbocycles. The Morgan fingerprint density at radius 3 is 2.37 bits per heavy atom. The number of allylic oxidation sites excluding steroid dienone is 1. The number of benzene rings is 3. The molecular formula is C27H23NO2. The minimum atomic E-state index is -0.0573. The Balaban J connectivity index is 1.85. The second-order valence-corrected chi connectivity index (χ2v) is 7.30. The molecule has 1 heterocycles. The number of hydrogen-bond donors (Lipinski definition) is 0. The molecular weight excluding hydrogens is 370 g/mol. The highest BCUT2D eigenvalue weighted by Gasteiger charge is 2.19. The van der Waals surface area contributed by atoms with Crippen LogP contribution in [-0.2, 0) is 0 Å². The highest BCUT2D eigenvalue weighted by molar-refractivity contribution is 6.16. The fourth-order valence-corrected chi connectivity index (χ4v) is 3.68. The van der Waals surface area contributed by atoms with Crippen molar-refractivity contribution in [3.05, 3.63) is 101 Å². The zero-order valence-corrected chi connectivity index (χ0v) is 17.3. The van der Waals surface area contributed by atoms with Crippen LogP contribution in [0, 0.1) is 13.8 Å². The zero-order chi connectivity index (χ0) is 21.1. The van der Waals surface area contributed by atoms with Gasteiger partial charge in [-0.25, -0.2) is 0 Å². The van der Waals surface area contributed by atoms with E-state index in [9.17, 15) is 4.79 Å². The Morgan fingerprint density at radius 2 is 1.67 bits per heavy atom. The molecule has 0 unspecified atom stereocenters. The molecule has 3 heteroatoms. The quantitative estimate of drug-likeness (QED) is 0.290. The fourth-order valence-electron chi connectivity index (χ4n) is 3.68. The van der Waals surface area contributed by atoms with Crippen LogP contribution in [0.4, 0.5) is 0 Å². The summed E-state index contributed by atoms with van der Waals surface area (Å²) in [5.41, 5.74) is 6.29. The summed E-state index contributed by atoms with van der Waals surface area (Å²) in [6, 6.07) is 23.8. The number of fused-ring (bicyclic) bond motifs is 1. The minimum Gasteiger partial charge on any atom is -0.497 e. The number of pyridine rings is 1. The van der Waals surface area contributed by atoms with Gasteiger partial charge in [-0.1, -0.05) is 60.2 Å². The second kappa shape index (κ2) is 8.34. The van der Waals surface area contributed by atoms with Crippen molar-refractivity contribution < 1.29 is 9.53 Å². The van der Waals surface area contributed by atoms with Crippen molar-refractivity contribution in [2.24, 2.45) is 0 Å². The van der Waals surface area contributed by atoms with Crippen molar-refractivity contribution in [2.75, 3.05) is 7.11 Å². The highest BCUT2D eigenvalue weighted by Crippen LogP contribution is 2.34. The van der Waals surface area contributed by atoms with Gasteiger partial charge in [-0.2, -0.15) is 0 Å². The Morgan fingerprint density at radius 1 is 0.933 bits per heavy atom. The Kier molecular flexibility index (Phi) is 5.44. The third-order valence-electron chi connectivity index (χ3n) is 5.17. The van der Waals surface area contributed by atoms with Crippen LogP contribution in [0.25, 0.3) is 28.1 Å². The topological polar surface area (TPSA) is 39.2 Å². The average molecular weight is 393 g/mol. The van der Waals surface area contributed by atoms with E-state index in [4.69, 9.17) is 9.72 Å². The largest absolute Gasteiger partial charge is 0.497 e. The molecule has 4 rings (SSSR count). The molecule has 1 aromatic heterocycles. The Labute approximate surface area is 176 Å². The second-order valence-electron chi connectivity index (χ2n) is 7.30. The number of methoxy groups -OCH3 is 1. The summed E-state index contributed by atoms with van der Waals surface area (Å²) in [5, 5.41) is 0.994. The number of ether oxygens (including phenoxy) is 1. The van der Waals surface area contributed by atoms with Crippen LogP contribution in [0.2, 0.25) is 0 Å². The molecule has 0 radical (unpaired) electrons. The predicted octanol–water partition coefficient (Wildman–Crippen LogP) is 6.42. The van der Waals surface area contributed by atoms with E-state index in [-0.39, 0.29) is 5.78 Å². The van der Waals surface area contributed by atoms with E-state index in [1.54, 1.807) is 13.2 Å². The lowest BCUT2D eigenvalue weighted by Gasteiger charge is -2.14. The number of aromatic nitrogens is 1. The molecule has 0 bridgehead atoms. The summed E-state index contributed by atoms with van der Waals surface area (Å²) in [4.78, 5) is 18.1. The standard InChI is InChI=1S/C27H23NO2/c1-18-9-15-24-23(17-18)27(21-7-5-4-6-8-21)26(19(2)28-24)25(29)16-12-20-10-13-22(30-3)14-11-20/h4-17H,1-3H3/b16-12-. The molecule has 0 aliphatic carbocycles. The number of aryl methyl sites for hydroxylation is 2.